The summed E-state index contributed by atoms with van der Waals surface area (Å²) in [5.74, 6) is -0.00340. The molecule has 1 aromatic heterocycles. The lowest BCUT2D eigenvalue weighted by Crippen LogP contribution is -2.35. The SMILES string of the molecule is CCC1O[C@H](n2ccc(NO)nc2=O)[C@H](O)[C@@H]1O. The minimum Gasteiger partial charge on any atom is -0.388 e. The highest BCUT2D eigenvalue weighted by molar-refractivity contribution is 5.28. The summed E-state index contributed by atoms with van der Waals surface area (Å²) >= 11 is 0. The fraction of sp³-hybridized carbons (Fsp3) is 0.600. The summed E-state index contributed by atoms with van der Waals surface area (Å²) in [7, 11) is 0. The minimum absolute atomic E-state index is 0.00340. The Morgan fingerprint density at radius 3 is 2.72 bits per heavy atom. The van der Waals surface area contributed by atoms with Gasteiger partial charge in [0.05, 0.1) is 6.10 Å². The Morgan fingerprint density at radius 2 is 2.22 bits per heavy atom. The fourth-order valence-electron chi connectivity index (χ4n) is 1.97. The monoisotopic (exact) mass is 257 g/mol. The molecule has 1 aliphatic heterocycles. The third-order valence-electron chi connectivity index (χ3n) is 2.96. The Hall–Kier alpha value is -1.48. The van der Waals surface area contributed by atoms with Gasteiger partial charge >= 0.3 is 5.69 Å². The largest absolute Gasteiger partial charge is 0.388 e. The van der Waals surface area contributed by atoms with Crippen LogP contribution in [0.1, 0.15) is 19.6 Å². The van der Waals surface area contributed by atoms with Crippen molar-refractivity contribution in [1.29, 1.82) is 0 Å². The second-order valence-electron chi connectivity index (χ2n) is 4.07. The number of nitrogens with zero attached hydrogens (tertiary/aromatic N) is 2. The third-order valence-corrected chi connectivity index (χ3v) is 2.96. The molecule has 4 N–H and O–H groups in total. The van der Waals surface area contributed by atoms with E-state index in [1.807, 2.05) is 6.92 Å². The molecule has 0 saturated carbocycles. The van der Waals surface area contributed by atoms with E-state index in [2.05, 4.69) is 4.98 Å². The molecular formula is C10H15N3O5. The highest BCUT2D eigenvalue weighted by Crippen LogP contribution is 2.29. The molecule has 0 spiro atoms. The Bertz CT molecular complexity index is 477. The minimum atomic E-state index is -1.19. The highest BCUT2D eigenvalue weighted by Gasteiger charge is 2.43. The van der Waals surface area contributed by atoms with Crippen LogP contribution >= 0.6 is 0 Å². The van der Waals surface area contributed by atoms with Crippen LogP contribution in [0.2, 0.25) is 0 Å². The van der Waals surface area contributed by atoms with Crippen LogP contribution in [0.15, 0.2) is 17.1 Å². The molecule has 0 radical (unpaired) electrons. The second-order valence-corrected chi connectivity index (χ2v) is 4.07. The number of aromatic nitrogens is 2. The Balaban J connectivity index is 2.30. The van der Waals surface area contributed by atoms with Crippen molar-refractivity contribution >= 4 is 5.82 Å². The molecule has 2 rings (SSSR count). The molecule has 8 heteroatoms. The van der Waals surface area contributed by atoms with E-state index >= 15 is 0 Å². The number of hydrogen-bond acceptors (Lipinski definition) is 7. The molecule has 0 aliphatic carbocycles. The predicted molar refractivity (Wildman–Crippen MR) is 60.1 cm³/mol. The Morgan fingerprint density at radius 1 is 1.50 bits per heavy atom. The quantitative estimate of drug-likeness (QED) is 0.517. The van der Waals surface area contributed by atoms with Crippen LogP contribution in [0.3, 0.4) is 0 Å². The number of nitrogens with one attached hydrogen (secondary N) is 1. The van der Waals surface area contributed by atoms with Gasteiger partial charge in [-0.15, -0.1) is 0 Å². The van der Waals surface area contributed by atoms with E-state index in [0.29, 0.717) is 6.42 Å². The first kappa shape index (κ1) is 13.0. The number of hydrogen-bond donors (Lipinski definition) is 4. The highest BCUT2D eigenvalue weighted by atomic mass is 16.6. The van der Waals surface area contributed by atoms with Crippen LogP contribution in [-0.2, 0) is 4.74 Å². The standard InChI is InChI=1S/C10H15N3O5/c1-2-5-7(14)8(15)9(18-5)13-4-3-6(12-17)11-10(13)16/h3-5,7-9,14-15,17H,2H2,1H3,(H,11,12,16)/t5?,7-,8-,9+/m1/s1. The zero-order valence-corrected chi connectivity index (χ0v) is 9.72. The summed E-state index contributed by atoms with van der Waals surface area (Å²) < 4.78 is 6.49. The molecule has 0 bridgehead atoms. The Labute approximate surface area is 102 Å². The van der Waals surface area contributed by atoms with Crippen LogP contribution in [0.4, 0.5) is 5.82 Å². The first-order valence-corrected chi connectivity index (χ1v) is 5.59. The molecule has 0 aromatic carbocycles. The first-order chi connectivity index (χ1) is 8.58. The van der Waals surface area contributed by atoms with Gasteiger partial charge in [-0.2, -0.15) is 4.98 Å². The molecule has 1 aromatic rings. The maximum absolute atomic E-state index is 11.7. The lowest BCUT2D eigenvalue weighted by Gasteiger charge is -2.17. The van der Waals surface area contributed by atoms with Gasteiger partial charge in [-0.25, -0.2) is 4.79 Å². The summed E-state index contributed by atoms with van der Waals surface area (Å²) in [5.41, 5.74) is 1.06. The van der Waals surface area contributed by atoms with E-state index in [1.54, 1.807) is 5.48 Å². The maximum Gasteiger partial charge on any atom is 0.351 e. The van der Waals surface area contributed by atoms with Crippen LogP contribution in [-0.4, -0.2) is 43.3 Å². The Kier molecular flexibility index (Phi) is 3.62. The van der Waals surface area contributed by atoms with E-state index < -0.39 is 30.2 Å². The molecular weight excluding hydrogens is 242 g/mol. The summed E-state index contributed by atoms with van der Waals surface area (Å²) in [6, 6.07) is 1.35. The number of ether oxygens (including phenoxy) is 1. The summed E-state index contributed by atoms with van der Waals surface area (Å²) in [4.78, 5) is 15.2. The van der Waals surface area contributed by atoms with Crippen molar-refractivity contribution in [2.24, 2.45) is 0 Å². The van der Waals surface area contributed by atoms with E-state index in [1.165, 1.54) is 12.3 Å². The predicted octanol–water partition coefficient (Wildman–Crippen LogP) is -0.926. The zero-order valence-electron chi connectivity index (χ0n) is 9.72. The van der Waals surface area contributed by atoms with Crippen LogP contribution < -0.4 is 11.2 Å². The van der Waals surface area contributed by atoms with Gasteiger partial charge in [0.15, 0.2) is 12.0 Å². The van der Waals surface area contributed by atoms with Crippen molar-refractivity contribution in [1.82, 2.24) is 9.55 Å². The van der Waals surface area contributed by atoms with Crippen molar-refractivity contribution in [2.75, 3.05) is 5.48 Å². The molecule has 100 valence electrons. The van der Waals surface area contributed by atoms with Gasteiger partial charge in [0.25, 0.3) is 0 Å². The smallest absolute Gasteiger partial charge is 0.351 e. The van der Waals surface area contributed by atoms with Gasteiger partial charge in [-0.05, 0) is 12.5 Å². The van der Waals surface area contributed by atoms with Crippen molar-refractivity contribution < 1.29 is 20.2 Å². The topological polar surface area (TPSA) is 117 Å². The van der Waals surface area contributed by atoms with E-state index in [9.17, 15) is 15.0 Å². The molecule has 1 saturated heterocycles. The molecule has 0 amide bonds. The molecule has 18 heavy (non-hydrogen) atoms. The van der Waals surface area contributed by atoms with Crippen molar-refractivity contribution in [3.05, 3.63) is 22.7 Å². The van der Waals surface area contributed by atoms with Crippen molar-refractivity contribution in [2.45, 2.75) is 37.9 Å². The number of anilines is 1. The first-order valence-electron chi connectivity index (χ1n) is 5.59. The summed E-state index contributed by atoms with van der Waals surface area (Å²) in [6.07, 6.45) is -1.88. The normalized spacial score (nSPS) is 31.6. The fourth-order valence-corrected chi connectivity index (χ4v) is 1.97. The van der Waals surface area contributed by atoms with Gasteiger partial charge < -0.3 is 14.9 Å². The lowest BCUT2D eigenvalue weighted by molar-refractivity contribution is -0.0404. The van der Waals surface area contributed by atoms with Gasteiger partial charge in [-0.1, -0.05) is 6.92 Å². The maximum atomic E-state index is 11.7. The van der Waals surface area contributed by atoms with Crippen LogP contribution in [0.5, 0.6) is 0 Å². The van der Waals surface area contributed by atoms with E-state index in [0.717, 1.165) is 4.57 Å². The zero-order chi connectivity index (χ0) is 13.3. The lowest BCUT2D eigenvalue weighted by atomic mass is 10.1. The van der Waals surface area contributed by atoms with E-state index in [-0.39, 0.29) is 5.82 Å². The molecule has 1 aliphatic rings. The average Bonchev–Trinajstić information content (AvgIpc) is 2.66. The number of aliphatic hydroxyl groups excluding tert-OH is 2. The molecule has 1 unspecified atom stereocenters. The van der Waals surface area contributed by atoms with Gasteiger partial charge in [-0.3, -0.25) is 15.3 Å². The second kappa shape index (κ2) is 5.02. The van der Waals surface area contributed by atoms with Gasteiger partial charge in [0.2, 0.25) is 0 Å². The molecule has 2 heterocycles. The van der Waals surface area contributed by atoms with Gasteiger partial charge in [0, 0.05) is 6.20 Å². The average molecular weight is 257 g/mol. The third kappa shape index (κ3) is 2.10. The van der Waals surface area contributed by atoms with Gasteiger partial charge in [0.1, 0.15) is 12.2 Å². The van der Waals surface area contributed by atoms with E-state index in [4.69, 9.17) is 9.94 Å². The molecule has 1 fully saturated rings. The number of aliphatic hydroxyl groups is 2. The van der Waals surface area contributed by atoms with Crippen LogP contribution in [0, 0.1) is 0 Å². The number of rotatable bonds is 3. The molecule has 4 atom stereocenters. The summed E-state index contributed by atoms with van der Waals surface area (Å²) in [6.45, 7) is 1.81. The van der Waals surface area contributed by atoms with Crippen molar-refractivity contribution in [3.63, 3.8) is 0 Å². The van der Waals surface area contributed by atoms with Crippen LogP contribution in [0.25, 0.3) is 0 Å². The van der Waals surface area contributed by atoms with Crippen molar-refractivity contribution in [3.8, 4) is 0 Å². The summed E-state index contributed by atoms with van der Waals surface area (Å²) in [5, 5.41) is 28.2. The molecule has 8 nitrogen and oxygen atoms in total.